The molecule has 2 aromatic rings. The first-order valence-corrected chi connectivity index (χ1v) is 8.46. The van der Waals surface area contributed by atoms with Gasteiger partial charge in [0.15, 0.2) is 10.8 Å². The Kier molecular flexibility index (Phi) is 4.71. The van der Waals surface area contributed by atoms with Crippen molar-refractivity contribution in [3.8, 4) is 10.8 Å². The second-order valence-corrected chi connectivity index (χ2v) is 6.86. The smallest absolute Gasteiger partial charge is 1.00 e. The molecule has 0 bridgehead atoms. The van der Waals surface area contributed by atoms with Gasteiger partial charge in [0.25, 0.3) is 5.91 Å². The maximum atomic E-state index is 12.2. The predicted octanol–water partition coefficient (Wildman–Crippen LogP) is -1.12. The Morgan fingerprint density at radius 2 is 2.29 bits per heavy atom. The van der Waals surface area contributed by atoms with Crippen molar-refractivity contribution in [2.75, 3.05) is 0 Å². The predicted molar refractivity (Wildman–Crippen MR) is 87.3 cm³/mol. The van der Waals surface area contributed by atoms with E-state index in [1.165, 1.54) is 33.4 Å². The molecule has 0 spiro atoms. The molecule has 4 rings (SSSR count). The van der Waals surface area contributed by atoms with E-state index in [-0.39, 0.29) is 48.0 Å². The quantitative estimate of drug-likeness (QED) is 0.419. The van der Waals surface area contributed by atoms with Crippen LogP contribution in [0.2, 0.25) is 0 Å². The van der Waals surface area contributed by atoms with Gasteiger partial charge in [0.1, 0.15) is 11.1 Å². The SMILES string of the molecule is Cn1cc(C=C2C(=O)N3C(C(=O)O)=CSC23)nc1-c1nccs1.[H-].[Na+]. The Morgan fingerprint density at radius 3 is 2.96 bits per heavy atom. The van der Waals surface area contributed by atoms with E-state index in [1.54, 1.807) is 12.3 Å². The van der Waals surface area contributed by atoms with Crippen molar-refractivity contribution in [2.45, 2.75) is 5.37 Å². The number of carbonyl (C=O) groups excluding carboxylic acids is 1. The molecule has 7 nitrogen and oxygen atoms in total. The molecule has 1 fully saturated rings. The van der Waals surface area contributed by atoms with Gasteiger partial charge in [0.05, 0.1) is 11.3 Å². The van der Waals surface area contributed by atoms with Crippen LogP contribution in [0.15, 0.2) is 34.5 Å². The summed E-state index contributed by atoms with van der Waals surface area (Å²) in [6, 6.07) is 0. The number of nitrogens with zero attached hydrogens (tertiary/aromatic N) is 4. The number of fused-ring (bicyclic) bond motifs is 1. The normalized spacial score (nSPS) is 20.5. The summed E-state index contributed by atoms with van der Waals surface area (Å²) in [5.41, 5.74) is 1.25. The van der Waals surface area contributed by atoms with E-state index in [0.29, 0.717) is 11.3 Å². The Bertz CT molecular complexity index is 894. The van der Waals surface area contributed by atoms with Crippen molar-refractivity contribution in [3.63, 3.8) is 0 Å². The van der Waals surface area contributed by atoms with Gasteiger partial charge < -0.3 is 11.1 Å². The number of aryl methyl sites for hydroxylation is 1. The molecule has 1 unspecified atom stereocenters. The van der Waals surface area contributed by atoms with E-state index in [1.807, 2.05) is 23.2 Å². The summed E-state index contributed by atoms with van der Waals surface area (Å²) in [5.74, 6) is -0.634. The van der Waals surface area contributed by atoms with E-state index in [2.05, 4.69) is 9.97 Å². The molecule has 0 aromatic carbocycles. The summed E-state index contributed by atoms with van der Waals surface area (Å²) in [6.07, 6.45) is 5.26. The van der Waals surface area contributed by atoms with Crippen LogP contribution < -0.4 is 29.6 Å². The van der Waals surface area contributed by atoms with Gasteiger partial charge in [-0.15, -0.1) is 23.1 Å². The fourth-order valence-electron chi connectivity index (χ4n) is 2.52. The van der Waals surface area contributed by atoms with Gasteiger partial charge in [-0.3, -0.25) is 9.69 Å². The third-order valence-corrected chi connectivity index (χ3v) is 5.43. The summed E-state index contributed by atoms with van der Waals surface area (Å²) >= 11 is 2.81. The van der Waals surface area contributed by atoms with Crippen molar-refractivity contribution >= 4 is 41.1 Å². The fraction of sp³-hybridized carbons (Fsp3) is 0.143. The van der Waals surface area contributed by atoms with E-state index in [0.717, 1.165) is 10.8 Å². The van der Waals surface area contributed by atoms with Crippen molar-refractivity contribution < 1.29 is 45.7 Å². The topological polar surface area (TPSA) is 88.3 Å². The van der Waals surface area contributed by atoms with Crippen LogP contribution in [0.25, 0.3) is 16.9 Å². The van der Waals surface area contributed by atoms with Gasteiger partial charge in [-0.05, 0) is 6.08 Å². The number of rotatable bonds is 3. The molecule has 1 saturated heterocycles. The largest absolute Gasteiger partial charge is 1.00 e. The second kappa shape index (κ2) is 6.49. The van der Waals surface area contributed by atoms with Gasteiger partial charge in [0, 0.05) is 30.2 Å². The maximum absolute atomic E-state index is 12.2. The monoisotopic (exact) mass is 370 g/mol. The molecule has 1 amide bonds. The molecular formula is C14H11N4NaO3S2. The van der Waals surface area contributed by atoms with Gasteiger partial charge in [0.2, 0.25) is 0 Å². The minimum absolute atomic E-state index is 0. The van der Waals surface area contributed by atoms with Crippen LogP contribution in [-0.4, -0.2) is 41.8 Å². The first kappa shape index (κ1) is 17.4. The number of aromatic nitrogens is 3. The Labute approximate surface area is 168 Å². The third kappa shape index (κ3) is 2.66. The number of hydrogen-bond acceptors (Lipinski definition) is 6. The van der Waals surface area contributed by atoms with Crippen LogP contribution in [0.1, 0.15) is 7.12 Å². The van der Waals surface area contributed by atoms with Crippen molar-refractivity contribution in [2.24, 2.45) is 7.05 Å². The molecule has 2 aliphatic heterocycles. The van der Waals surface area contributed by atoms with E-state index >= 15 is 0 Å². The summed E-state index contributed by atoms with van der Waals surface area (Å²) in [5, 5.41) is 13.0. The number of hydrogen-bond donors (Lipinski definition) is 1. The summed E-state index contributed by atoms with van der Waals surface area (Å²) < 4.78 is 1.86. The van der Waals surface area contributed by atoms with Crippen LogP contribution in [0.5, 0.6) is 0 Å². The number of imidazole rings is 1. The molecule has 2 aliphatic rings. The third-order valence-electron chi connectivity index (χ3n) is 3.58. The molecule has 0 aliphatic carbocycles. The molecule has 10 heteroatoms. The van der Waals surface area contributed by atoms with Crippen molar-refractivity contribution in [3.05, 3.63) is 40.1 Å². The van der Waals surface area contributed by atoms with Crippen LogP contribution in [0, 0.1) is 0 Å². The summed E-state index contributed by atoms with van der Waals surface area (Å²) in [7, 11) is 1.87. The molecule has 1 N–H and O–H groups in total. The minimum Gasteiger partial charge on any atom is -1.00 e. The number of aliphatic carboxylic acids is 1. The van der Waals surface area contributed by atoms with Crippen molar-refractivity contribution in [1.29, 1.82) is 0 Å². The minimum atomic E-state index is -1.09. The van der Waals surface area contributed by atoms with Crippen molar-refractivity contribution in [1.82, 2.24) is 19.4 Å². The van der Waals surface area contributed by atoms with Gasteiger partial charge in [-0.1, -0.05) is 0 Å². The van der Waals surface area contributed by atoms with Crippen LogP contribution in [0.4, 0.5) is 0 Å². The molecule has 4 heterocycles. The molecular weight excluding hydrogens is 359 g/mol. The van der Waals surface area contributed by atoms with Crippen LogP contribution in [0.3, 0.4) is 0 Å². The number of thiazole rings is 1. The summed E-state index contributed by atoms with van der Waals surface area (Å²) in [6.45, 7) is 0. The fourth-order valence-corrected chi connectivity index (χ4v) is 4.30. The average molecular weight is 370 g/mol. The molecule has 0 saturated carbocycles. The van der Waals surface area contributed by atoms with E-state index < -0.39 is 5.97 Å². The Balaban J connectivity index is 0.00000113. The van der Waals surface area contributed by atoms with E-state index in [9.17, 15) is 9.59 Å². The van der Waals surface area contributed by atoms with Crippen LogP contribution in [-0.2, 0) is 16.6 Å². The molecule has 118 valence electrons. The zero-order valence-corrected chi connectivity index (χ0v) is 16.5. The number of carboxylic acids is 1. The maximum Gasteiger partial charge on any atom is 1.00 e. The molecule has 24 heavy (non-hydrogen) atoms. The Morgan fingerprint density at radius 1 is 1.50 bits per heavy atom. The van der Waals surface area contributed by atoms with Gasteiger partial charge in [-0.2, -0.15) is 0 Å². The van der Waals surface area contributed by atoms with Gasteiger partial charge >= 0.3 is 35.5 Å². The zero-order valence-electron chi connectivity index (χ0n) is 13.8. The first-order chi connectivity index (χ1) is 11.1. The number of thioether (sulfide) groups is 1. The average Bonchev–Trinajstić information content (AvgIpc) is 3.22. The molecule has 0 radical (unpaired) electrons. The van der Waals surface area contributed by atoms with Gasteiger partial charge in [-0.25, -0.2) is 14.8 Å². The number of carbonyl (C=O) groups is 2. The van der Waals surface area contributed by atoms with E-state index in [4.69, 9.17) is 5.11 Å². The standard InChI is InChI=1S/C14H10N4O3S2.Na.H/c1-17-5-7(16-10(17)11-15-2-3-22-11)4-8-12(19)18-9(14(20)21)6-23-13(8)18;;/h2-6,13H,1H3,(H,20,21);;/q;+1;-1. The summed E-state index contributed by atoms with van der Waals surface area (Å²) in [4.78, 5) is 33.3. The van der Waals surface area contributed by atoms with Crippen LogP contribution >= 0.6 is 23.1 Å². The second-order valence-electron chi connectivity index (χ2n) is 5.01. The first-order valence-electron chi connectivity index (χ1n) is 6.63. The number of amides is 1. The molecule has 1 atom stereocenters. The Hall–Kier alpha value is -1.39. The number of carboxylic acid groups (broad SMARTS) is 1. The zero-order chi connectivity index (χ0) is 16.1. The number of β-lactam (4-membered cyclic amide) rings is 1. The molecule has 2 aromatic heterocycles.